The zero-order valence-electron chi connectivity index (χ0n) is 60.4. The number of hydrogen-bond donors (Lipinski definition) is 0. The summed E-state index contributed by atoms with van der Waals surface area (Å²) in [6.45, 7) is 32.5. The van der Waals surface area contributed by atoms with E-state index in [1.807, 2.05) is 220 Å². The summed E-state index contributed by atoms with van der Waals surface area (Å²) in [5.74, 6) is 3.95. The first kappa shape index (κ1) is 65.8. The maximum Gasteiger partial charge on any atom is 0.261 e. The van der Waals surface area contributed by atoms with E-state index in [0.717, 1.165) is 53.9 Å². The standard InChI is InChI=1S/C88H80N6O8/c1-39(2)77(40(3)4)91-81(95)56-27-21-50-52-23-29-60-73-63(87(101)93(85(60)99)79(43(9)10)44(11)12)35-48(67(75(52)73)54-25-31-58(83(91)97)71(56)68(50)54)19-17-47-18-33-65(89-37-47)66-34-20-49(38-90-66)62-36-64-74-61(86(100)94(88(64)102)80(45(13)14)46(15)16)30-24-53-51-22-28-57-72-59(32-26-55(69(51)72)70(62)76(53)74)84(98)92(82(57)96)78(41(5)6)42(7)8/h18,20-46,77-80H,1-16H3. The average Bonchev–Trinajstić information content (AvgIpc) is 0.741. The largest absolute Gasteiger partial charge is 0.271 e. The van der Waals surface area contributed by atoms with Gasteiger partial charge in [-0.15, -0.1) is 0 Å². The lowest BCUT2D eigenvalue weighted by atomic mass is 9.78. The van der Waals surface area contributed by atoms with Gasteiger partial charge in [0.05, 0.1) is 11.4 Å². The fraction of sp³-hybridized carbons (Fsp3) is 0.318. The highest BCUT2D eigenvalue weighted by atomic mass is 16.2. The molecule has 0 spiro atoms. The third kappa shape index (κ3) is 9.10. The summed E-state index contributed by atoms with van der Waals surface area (Å²) in [5.41, 5.74) is 6.94. The van der Waals surface area contributed by atoms with E-state index >= 15 is 9.59 Å². The topological polar surface area (TPSA) is 175 Å². The van der Waals surface area contributed by atoms with Crippen molar-refractivity contribution in [2.45, 2.75) is 135 Å². The molecule has 510 valence electrons. The molecular formula is C88H80N6O8. The smallest absolute Gasteiger partial charge is 0.261 e. The number of aromatic nitrogens is 2. The van der Waals surface area contributed by atoms with Gasteiger partial charge in [-0.1, -0.05) is 165 Å². The van der Waals surface area contributed by atoms with Crippen LogP contribution in [0.2, 0.25) is 0 Å². The van der Waals surface area contributed by atoms with Gasteiger partial charge < -0.3 is 0 Å². The fourth-order valence-corrected chi connectivity index (χ4v) is 19.1. The van der Waals surface area contributed by atoms with Crippen LogP contribution < -0.4 is 0 Å². The van der Waals surface area contributed by atoms with Crippen molar-refractivity contribution in [2.24, 2.45) is 47.3 Å². The van der Waals surface area contributed by atoms with Crippen LogP contribution in [0.5, 0.6) is 0 Å². The van der Waals surface area contributed by atoms with Crippen molar-refractivity contribution >= 4 is 133 Å². The quantitative estimate of drug-likeness (QED) is 0.0441. The Labute approximate surface area is 592 Å². The molecule has 10 aromatic carbocycles. The van der Waals surface area contributed by atoms with Crippen molar-refractivity contribution < 1.29 is 38.4 Å². The second-order valence-corrected chi connectivity index (χ2v) is 31.6. The lowest BCUT2D eigenvalue weighted by Crippen LogP contribution is -2.51. The predicted octanol–water partition coefficient (Wildman–Crippen LogP) is 18.4. The molecular weight excluding hydrogens is 1270 g/mol. The van der Waals surface area contributed by atoms with Crippen molar-refractivity contribution in [1.82, 2.24) is 29.6 Å². The molecule has 14 nitrogen and oxygen atoms in total. The maximum atomic E-state index is 15.4. The van der Waals surface area contributed by atoms with E-state index < -0.39 is 11.9 Å². The normalized spacial score (nSPS) is 15.1. The molecule has 6 heterocycles. The molecule has 0 aliphatic carbocycles. The molecule has 14 heteroatoms. The van der Waals surface area contributed by atoms with Crippen molar-refractivity contribution in [1.29, 1.82) is 0 Å². The number of benzene rings is 10. The molecule has 0 bridgehead atoms. The van der Waals surface area contributed by atoms with Gasteiger partial charge in [0.25, 0.3) is 47.3 Å². The number of hydrogen-bond acceptors (Lipinski definition) is 10. The number of amides is 8. The Morgan fingerprint density at radius 2 is 0.549 bits per heavy atom. The van der Waals surface area contributed by atoms with E-state index in [1.54, 1.807) is 12.4 Å². The van der Waals surface area contributed by atoms with E-state index in [1.165, 1.54) is 19.6 Å². The zero-order chi connectivity index (χ0) is 72.1. The number of carbonyl (C=O) groups excluding carboxylic acids is 8. The van der Waals surface area contributed by atoms with E-state index in [4.69, 9.17) is 9.97 Å². The molecule has 4 aliphatic heterocycles. The summed E-state index contributed by atoms with van der Waals surface area (Å²) in [5, 5.41) is 11.3. The summed E-state index contributed by atoms with van der Waals surface area (Å²) in [4.78, 5) is 136. The Kier molecular flexibility index (Phi) is 15.1. The number of fused-ring (bicyclic) bond motifs is 4. The molecule has 0 atom stereocenters. The molecule has 0 saturated carbocycles. The first-order valence-electron chi connectivity index (χ1n) is 36.1. The van der Waals surface area contributed by atoms with Gasteiger partial charge in [-0.3, -0.25) is 67.9 Å². The van der Waals surface area contributed by atoms with Crippen LogP contribution in [-0.2, 0) is 0 Å². The molecule has 12 aromatic rings. The maximum absolute atomic E-state index is 15.4. The first-order valence-corrected chi connectivity index (χ1v) is 36.1. The molecule has 0 fully saturated rings. The van der Waals surface area contributed by atoms with Crippen LogP contribution in [0.15, 0.2) is 122 Å². The second-order valence-electron chi connectivity index (χ2n) is 31.6. The van der Waals surface area contributed by atoms with Gasteiger partial charge in [0.2, 0.25) is 0 Å². The third-order valence-electron chi connectivity index (χ3n) is 22.7. The van der Waals surface area contributed by atoms with Gasteiger partial charge in [0.1, 0.15) is 0 Å². The number of nitrogens with zero attached hydrogens (tertiary/aromatic N) is 6. The number of rotatable bonds is 14. The third-order valence-corrected chi connectivity index (χ3v) is 22.7. The van der Waals surface area contributed by atoms with Crippen molar-refractivity contribution in [3.05, 3.63) is 177 Å². The van der Waals surface area contributed by atoms with Crippen LogP contribution in [-0.4, -0.2) is 101 Å². The van der Waals surface area contributed by atoms with Gasteiger partial charge in [-0.05, 0) is 173 Å². The van der Waals surface area contributed by atoms with Crippen LogP contribution >= 0.6 is 0 Å². The lowest BCUT2D eigenvalue weighted by molar-refractivity contribution is 0.0423. The summed E-state index contributed by atoms with van der Waals surface area (Å²) >= 11 is 0. The van der Waals surface area contributed by atoms with Gasteiger partial charge in [0.15, 0.2) is 0 Å². The summed E-state index contributed by atoms with van der Waals surface area (Å²) in [6.07, 6.45) is 3.45. The monoisotopic (exact) mass is 1350 g/mol. The number of imide groups is 4. The van der Waals surface area contributed by atoms with Crippen LogP contribution in [0, 0.1) is 59.2 Å². The van der Waals surface area contributed by atoms with Crippen molar-refractivity contribution in [3.8, 4) is 34.4 Å². The Morgan fingerprint density at radius 3 is 0.882 bits per heavy atom. The molecule has 8 amide bonds. The highest BCUT2D eigenvalue weighted by molar-refractivity contribution is 6.45. The molecule has 2 aromatic heterocycles. The van der Waals surface area contributed by atoms with Crippen LogP contribution in [0.3, 0.4) is 0 Å². The van der Waals surface area contributed by atoms with Gasteiger partial charge in [-0.2, -0.15) is 0 Å². The molecule has 0 unspecified atom stereocenters. The van der Waals surface area contributed by atoms with E-state index in [0.29, 0.717) is 110 Å². The Balaban J connectivity index is 0.837. The Hall–Kier alpha value is -10.8. The predicted molar refractivity (Wildman–Crippen MR) is 404 cm³/mol. The first-order chi connectivity index (χ1) is 48.6. The van der Waals surface area contributed by atoms with Gasteiger partial charge >= 0.3 is 0 Å². The fourth-order valence-electron chi connectivity index (χ4n) is 19.1. The Bertz CT molecular complexity index is 5770. The zero-order valence-corrected chi connectivity index (χ0v) is 60.4. The summed E-state index contributed by atoms with van der Waals surface area (Å²) < 4.78 is 0. The minimum absolute atomic E-state index is 0.00817. The highest BCUT2D eigenvalue weighted by Crippen LogP contribution is 2.53. The van der Waals surface area contributed by atoms with Crippen molar-refractivity contribution in [2.75, 3.05) is 0 Å². The van der Waals surface area contributed by atoms with Gasteiger partial charge in [0, 0.05) is 130 Å². The summed E-state index contributed by atoms with van der Waals surface area (Å²) in [7, 11) is 0. The Morgan fingerprint density at radius 1 is 0.255 bits per heavy atom. The van der Waals surface area contributed by atoms with Crippen LogP contribution in [0.1, 0.15) is 205 Å². The van der Waals surface area contributed by atoms with Crippen LogP contribution in [0.25, 0.3) is 109 Å². The molecule has 16 rings (SSSR count). The van der Waals surface area contributed by atoms with Gasteiger partial charge in [-0.25, -0.2) is 0 Å². The number of carbonyl (C=O) groups is 8. The van der Waals surface area contributed by atoms with E-state index in [-0.39, 0.29) is 107 Å². The number of pyridine rings is 2. The lowest BCUT2D eigenvalue weighted by Gasteiger charge is -2.39. The van der Waals surface area contributed by atoms with E-state index in [9.17, 15) is 28.8 Å². The highest BCUT2D eigenvalue weighted by Gasteiger charge is 2.47. The molecule has 4 aliphatic rings. The average molecular weight is 1350 g/mol. The molecule has 0 N–H and O–H groups in total. The van der Waals surface area contributed by atoms with Crippen molar-refractivity contribution in [3.63, 3.8) is 0 Å². The SMILES string of the molecule is CC(C)C(C(C)C)N1C(=O)c2ccc3c4ccc5c6c(cc(C#Cc7ccc(-c8ccc(-c9cc%10c%11c(ccc%12c%13ccc%14c%15c(ccc(c9c%11%12)c%15%13)C(=O)N(C(C(C)C)C(C)C)C%14=O)C(=O)N(C(C(C)C)C(C)C)C%10=O)cn8)nc7)c(c7ccc(c2c37)C1=O)c64)C(=O)N(C(C(C)C)C(C)C)C5=O. The summed E-state index contributed by atoms with van der Waals surface area (Å²) in [6, 6.07) is 32.4. The molecule has 0 radical (unpaired) electrons. The minimum Gasteiger partial charge on any atom is -0.271 e. The van der Waals surface area contributed by atoms with Crippen LogP contribution in [0.4, 0.5) is 0 Å². The second kappa shape index (κ2) is 23.4. The minimum atomic E-state index is -0.394. The molecule has 102 heavy (non-hydrogen) atoms. The van der Waals surface area contributed by atoms with E-state index in [2.05, 4.69) is 11.8 Å². The molecule has 0 saturated heterocycles.